The van der Waals surface area contributed by atoms with Gasteiger partial charge in [0.1, 0.15) is 5.82 Å². The lowest BCUT2D eigenvalue weighted by atomic mass is 10.1. The second-order valence-corrected chi connectivity index (χ2v) is 6.91. The number of halogens is 4. The molecule has 2 aromatic carbocycles. The van der Waals surface area contributed by atoms with Gasteiger partial charge in [0.05, 0.1) is 22.6 Å². The quantitative estimate of drug-likeness (QED) is 0.540. The average molecular weight is 420 g/mol. The number of fused-ring (bicyclic) bond motifs is 1. The maximum Gasteiger partial charge on any atom is 0.417 e. The Bertz CT molecular complexity index is 1100. The predicted octanol–water partition coefficient (Wildman–Crippen LogP) is 5.28. The first-order valence-corrected chi connectivity index (χ1v) is 9.05. The van der Waals surface area contributed by atoms with Crippen molar-refractivity contribution in [2.75, 3.05) is 7.05 Å². The minimum Gasteiger partial charge on any atom is -0.335 e. The highest BCUT2D eigenvalue weighted by molar-refractivity contribution is 6.31. The van der Waals surface area contributed by atoms with Crippen LogP contribution < -0.4 is 0 Å². The molecule has 1 aromatic heterocycles. The zero-order chi connectivity index (χ0) is 21.2. The molecule has 0 saturated heterocycles. The number of likely N-dealkylation sites (N-methyl/N-ethyl adjacent to an activating group) is 1. The van der Waals surface area contributed by atoms with E-state index in [9.17, 15) is 18.0 Å². The fourth-order valence-corrected chi connectivity index (χ4v) is 3.04. The molecule has 0 bridgehead atoms. The summed E-state index contributed by atoms with van der Waals surface area (Å²) in [6.07, 6.45) is -2.04. The summed E-state index contributed by atoms with van der Waals surface area (Å²) >= 11 is 5.61. The second-order valence-electron chi connectivity index (χ2n) is 6.51. The smallest absolute Gasteiger partial charge is 0.335 e. The minimum atomic E-state index is -4.56. The third kappa shape index (κ3) is 4.92. The molecule has 3 aromatic rings. The lowest BCUT2D eigenvalue weighted by molar-refractivity contribution is -0.137. The van der Waals surface area contributed by atoms with Crippen molar-refractivity contribution in [2.24, 2.45) is 0 Å². The number of aryl methyl sites for hydroxylation is 1. The number of alkyl halides is 3. The third-order valence-corrected chi connectivity index (χ3v) is 4.64. The Labute approximate surface area is 170 Å². The zero-order valence-corrected chi connectivity index (χ0v) is 16.4. The standard InChI is InChI=1S/C21H17ClF3N3O/c1-13-15-5-3-4-6-18(15)27-19(26-13)12-28(2)20(29)10-8-14-7-9-17(22)16(11-14)21(23,24)25/h3-11H,12H2,1-2H3/b10-8+. The van der Waals surface area contributed by atoms with Crippen molar-refractivity contribution in [3.63, 3.8) is 0 Å². The van der Waals surface area contributed by atoms with Crippen molar-refractivity contribution in [3.05, 3.63) is 76.2 Å². The number of hydrogen-bond acceptors (Lipinski definition) is 3. The van der Waals surface area contributed by atoms with Crippen molar-refractivity contribution in [1.29, 1.82) is 0 Å². The molecular formula is C21H17ClF3N3O. The molecule has 0 unspecified atom stereocenters. The summed E-state index contributed by atoms with van der Waals surface area (Å²) in [5.41, 5.74) is 0.874. The molecule has 1 amide bonds. The Morgan fingerprint density at radius 1 is 1.17 bits per heavy atom. The fraction of sp³-hybridized carbons (Fsp3) is 0.190. The highest BCUT2D eigenvalue weighted by Crippen LogP contribution is 2.35. The number of benzene rings is 2. The van der Waals surface area contributed by atoms with Gasteiger partial charge in [0, 0.05) is 24.2 Å². The highest BCUT2D eigenvalue weighted by Gasteiger charge is 2.33. The van der Waals surface area contributed by atoms with Gasteiger partial charge >= 0.3 is 6.18 Å². The minimum absolute atomic E-state index is 0.170. The third-order valence-electron chi connectivity index (χ3n) is 4.31. The average Bonchev–Trinajstić information content (AvgIpc) is 2.66. The summed E-state index contributed by atoms with van der Waals surface area (Å²) < 4.78 is 38.8. The summed E-state index contributed by atoms with van der Waals surface area (Å²) in [6, 6.07) is 11.0. The van der Waals surface area contributed by atoms with Crippen LogP contribution >= 0.6 is 11.6 Å². The number of rotatable bonds is 4. The first-order chi connectivity index (χ1) is 13.6. The normalized spacial score (nSPS) is 11.9. The summed E-state index contributed by atoms with van der Waals surface area (Å²) in [7, 11) is 1.57. The van der Waals surface area contributed by atoms with E-state index in [1.165, 1.54) is 23.1 Å². The van der Waals surface area contributed by atoms with Gasteiger partial charge in [0.2, 0.25) is 5.91 Å². The summed E-state index contributed by atoms with van der Waals surface area (Å²) in [5, 5.41) is 0.551. The van der Waals surface area contributed by atoms with Crippen LogP contribution in [-0.4, -0.2) is 27.8 Å². The van der Waals surface area contributed by atoms with Crippen LogP contribution in [0.3, 0.4) is 0 Å². The van der Waals surface area contributed by atoms with Crippen LogP contribution in [0.5, 0.6) is 0 Å². The number of para-hydroxylation sites is 1. The van der Waals surface area contributed by atoms with Crippen LogP contribution in [0, 0.1) is 6.92 Å². The molecule has 0 aliphatic carbocycles. The van der Waals surface area contributed by atoms with Crippen LogP contribution in [0.1, 0.15) is 22.6 Å². The second kappa shape index (κ2) is 8.21. The molecule has 0 fully saturated rings. The van der Waals surface area contributed by atoms with Crippen molar-refractivity contribution in [2.45, 2.75) is 19.6 Å². The number of carbonyl (C=O) groups excluding carboxylic acids is 1. The van der Waals surface area contributed by atoms with Crippen molar-refractivity contribution in [3.8, 4) is 0 Å². The molecule has 29 heavy (non-hydrogen) atoms. The van der Waals surface area contributed by atoms with E-state index < -0.39 is 11.7 Å². The number of carbonyl (C=O) groups is 1. The Kier molecular flexibility index (Phi) is 5.88. The zero-order valence-electron chi connectivity index (χ0n) is 15.7. The lowest BCUT2D eigenvalue weighted by Crippen LogP contribution is -2.25. The van der Waals surface area contributed by atoms with E-state index in [1.54, 1.807) is 7.05 Å². The van der Waals surface area contributed by atoms with E-state index >= 15 is 0 Å². The lowest BCUT2D eigenvalue weighted by Gasteiger charge is -2.15. The molecule has 0 atom stereocenters. The predicted molar refractivity (Wildman–Crippen MR) is 106 cm³/mol. The molecule has 4 nitrogen and oxygen atoms in total. The summed E-state index contributed by atoms with van der Waals surface area (Å²) in [5.74, 6) is 0.0965. The Morgan fingerprint density at radius 3 is 2.62 bits per heavy atom. The first kappa shape index (κ1) is 20.8. The van der Waals surface area contributed by atoms with E-state index in [4.69, 9.17) is 11.6 Å². The van der Waals surface area contributed by atoms with Crippen LogP contribution in [0.25, 0.3) is 17.0 Å². The van der Waals surface area contributed by atoms with Gasteiger partial charge in [-0.05, 0) is 36.8 Å². The molecule has 0 saturated carbocycles. The maximum atomic E-state index is 12.9. The van der Waals surface area contributed by atoms with Crippen LogP contribution in [-0.2, 0) is 17.5 Å². The largest absolute Gasteiger partial charge is 0.417 e. The van der Waals surface area contributed by atoms with Gasteiger partial charge < -0.3 is 4.90 Å². The molecule has 0 radical (unpaired) electrons. The van der Waals surface area contributed by atoms with Gasteiger partial charge in [0.15, 0.2) is 0 Å². The summed E-state index contributed by atoms with van der Waals surface area (Å²) in [4.78, 5) is 22.6. The SMILES string of the molecule is Cc1nc(CN(C)C(=O)/C=C/c2ccc(Cl)c(C(F)(F)F)c2)nc2ccccc12. The Morgan fingerprint density at radius 2 is 1.90 bits per heavy atom. The van der Waals surface area contributed by atoms with Gasteiger partial charge in [0.25, 0.3) is 0 Å². The molecule has 150 valence electrons. The first-order valence-electron chi connectivity index (χ1n) is 8.67. The van der Waals surface area contributed by atoms with Gasteiger partial charge in [-0.2, -0.15) is 13.2 Å². The highest BCUT2D eigenvalue weighted by atomic mass is 35.5. The Balaban J connectivity index is 1.74. The topological polar surface area (TPSA) is 46.1 Å². The Hall–Kier alpha value is -2.93. The van der Waals surface area contributed by atoms with Crippen molar-refractivity contribution >= 4 is 34.5 Å². The molecule has 0 N–H and O–H groups in total. The molecule has 0 aliphatic rings. The van der Waals surface area contributed by atoms with Crippen LogP contribution in [0.2, 0.25) is 5.02 Å². The van der Waals surface area contributed by atoms with Gasteiger partial charge in [-0.3, -0.25) is 4.79 Å². The number of amides is 1. The molecular weight excluding hydrogens is 403 g/mol. The molecule has 1 heterocycles. The van der Waals surface area contributed by atoms with E-state index in [2.05, 4.69) is 9.97 Å². The van der Waals surface area contributed by atoms with E-state index in [1.807, 2.05) is 31.2 Å². The van der Waals surface area contributed by atoms with Crippen LogP contribution in [0.15, 0.2) is 48.5 Å². The molecule has 0 aliphatic heterocycles. The maximum absolute atomic E-state index is 12.9. The van der Waals surface area contributed by atoms with Crippen molar-refractivity contribution in [1.82, 2.24) is 14.9 Å². The number of nitrogens with zero attached hydrogens (tertiary/aromatic N) is 3. The van der Waals surface area contributed by atoms with Gasteiger partial charge in [-0.1, -0.05) is 35.9 Å². The molecule has 0 spiro atoms. The van der Waals surface area contributed by atoms with Crippen molar-refractivity contribution < 1.29 is 18.0 Å². The monoisotopic (exact) mass is 419 g/mol. The summed E-state index contributed by atoms with van der Waals surface area (Å²) in [6.45, 7) is 2.04. The van der Waals surface area contributed by atoms with Gasteiger partial charge in [-0.25, -0.2) is 9.97 Å². The molecule has 3 rings (SSSR count). The number of aromatic nitrogens is 2. The van der Waals surface area contributed by atoms with E-state index in [0.29, 0.717) is 5.82 Å². The van der Waals surface area contributed by atoms with Crippen LogP contribution in [0.4, 0.5) is 13.2 Å². The molecule has 8 heteroatoms. The van der Waals surface area contributed by atoms with Gasteiger partial charge in [-0.15, -0.1) is 0 Å². The number of hydrogen-bond donors (Lipinski definition) is 0. The fourth-order valence-electron chi connectivity index (χ4n) is 2.81. The van der Waals surface area contributed by atoms with E-state index in [-0.39, 0.29) is 23.0 Å². The van der Waals surface area contributed by atoms with E-state index in [0.717, 1.165) is 28.7 Å².